The fourth-order valence-corrected chi connectivity index (χ4v) is 11.7. The van der Waals surface area contributed by atoms with Crippen molar-refractivity contribution < 1.29 is 77.8 Å². The summed E-state index contributed by atoms with van der Waals surface area (Å²) >= 11 is 0. The number of ether oxygens (including phenoxy) is 9. The van der Waals surface area contributed by atoms with Crippen LogP contribution in [0.15, 0.2) is 41.5 Å². The summed E-state index contributed by atoms with van der Waals surface area (Å²) in [4.78, 5) is 43.4. The smallest absolute Gasteiger partial charge is 0.341 e. The van der Waals surface area contributed by atoms with Crippen molar-refractivity contribution in [3.8, 4) is 0 Å². The molecule has 2 aromatic rings. The number of methoxy groups -OCH3 is 2. The highest BCUT2D eigenvalue weighted by atomic mass is 16.7. The number of carbonyl (C=O) groups excluding carboxylic acids is 1. The van der Waals surface area contributed by atoms with Crippen molar-refractivity contribution in [2.24, 2.45) is 17.8 Å². The minimum Gasteiger partial charge on any atom is -0.499 e. The highest BCUT2D eigenvalue weighted by Crippen LogP contribution is 2.41. The average molecular weight is 1080 g/mol. The van der Waals surface area contributed by atoms with E-state index in [-0.39, 0.29) is 56.1 Å². The van der Waals surface area contributed by atoms with E-state index in [4.69, 9.17) is 42.6 Å². The predicted molar refractivity (Wildman–Crippen MR) is 284 cm³/mol. The zero-order valence-corrected chi connectivity index (χ0v) is 47.7. The highest BCUT2D eigenvalue weighted by Gasteiger charge is 2.53. The van der Waals surface area contributed by atoms with Gasteiger partial charge in [-0.25, -0.2) is 4.79 Å². The molecule has 0 amide bonds. The van der Waals surface area contributed by atoms with Gasteiger partial charge in [0, 0.05) is 63.3 Å². The summed E-state index contributed by atoms with van der Waals surface area (Å²) in [5.74, 6) is -4.06. The molecule has 0 bridgehead atoms. The first-order valence-electron chi connectivity index (χ1n) is 26.9. The van der Waals surface area contributed by atoms with Crippen LogP contribution in [0.4, 0.5) is 0 Å². The van der Waals surface area contributed by atoms with Crippen molar-refractivity contribution in [2.45, 2.75) is 198 Å². The number of likely N-dealkylation sites (N-methyl/N-ethyl adjacent to an activating group) is 2. The summed E-state index contributed by atoms with van der Waals surface area (Å²) in [5, 5.41) is 58.1. The molecule has 1 aromatic heterocycles. The molecule has 0 unspecified atom stereocenters. The molecule has 20 nitrogen and oxygen atoms in total. The van der Waals surface area contributed by atoms with E-state index in [2.05, 4.69) is 0 Å². The standard InChI is InChI=1S/C56H91N3O17/c1-16-43-56(10,67)48(62)36(6)58(13)30-32(2)28-54(8,66)49(76-53-46(61)42(57(11)12)26-33(3)72-53)34(4)47(35(5)52(65)74-43)75-44-29-55(9,69-15)50(37(7)73-44)71-25-24-70-22-17-18-38-19-20-41-39(27-38)45(60)40(51(63)64)31-59(41)21-23-68-14/h17,19-20,22,27,31-37,42-44,46-50,53,61-62,66-67H,16,18,21,23-26,28-30H2,1-15H3,(H,63,64)/b22-17+/t32-,33-,34+,35-,36-,37+,42+,43-,44+,46-,47+,48-,49-,50+,53+,54-,55-,56-/m1/s1. The van der Waals surface area contributed by atoms with Gasteiger partial charge >= 0.3 is 11.9 Å². The third-order valence-electron chi connectivity index (χ3n) is 16.1. The maximum atomic E-state index is 14.6. The van der Waals surface area contributed by atoms with E-state index in [1.54, 1.807) is 71.0 Å². The molecule has 1 aromatic carbocycles. The molecule has 3 fully saturated rings. The SMILES string of the molecule is CC[C@H]1OC(=O)[C@H](C)[C@@H](O[C@H]2C[C@@](C)(OC)[C@@H](OCCO/C=C/Cc3ccc4c(c3)c(=O)c(C(=O)O)cn4CCOC)[C@H](C)O2)[C@H](C)[C@@H](O[C@@H]2O[C@H](C)C[C@H](N(C)C)[C@H]2O)[C@](C)(O)C[C@@H](C)CN(C)[C@H](C)[C@@H](O)[C@]1(C)O. The molecule has 4 heterocycles. The number of esters is 1. The Morgan fingerprint density at radius 3 is 2.28 bits per heavy atom. The number of fused-ring (bicyclic) bond motifs is 1. The van der Waals surface area contributed by atoms with Crippen LogP contribution in [0.5, 0.6) is 0 Å². The zero-order chi connectivity index (χ0) is 56.6. The quantitative estimate of drug-likeness (QED) is 0.0791. The Labute approximate surface area is 449 Å². The maximum absolute atomic E-state index is 14.6. The molecule has 5 rings (SSSR count). The maximum Gasteiger partial charge on any atom is 0.341 e. The van der Waals surface area contributed by atoms with Crippen LogP contribution >= 0.6 is 0 Å². The number of aliphatic hydroxyl groups is 4. The number of benzene rings is 1. The van der Waals surface area contributed by atoms with Crippen molar-refractivity contribution in [1.29, 1.82) is 0 Å². The van der Waals surface area contributed by atoms with Crippen LogP contribution < -0.4 is 5.43 Å². The van der Waals surface area contributed by atoms with Gasteiger partial charge in [0.25, 0.3) is 0 Å². The molecular formula is C56H91N3O17. The van der Waals surface area contributed by atoms with Gasteiger partial charge in [-0.05, 0) is 125 Å². The summed E-state index contributed by atoms with van der Waals surface area (Å²) in [6.45, 7) is 19.3. The highest BCUT2D eigenvalue weighted by molar-refractivity contribution is 5.92. The molecule has 3 aliphatic heterocycles. The minimum absolute atomic E-state index is 0.148. The second-order valence-corrected chi connectivity index (χ2v) is 22.7. The third kappa shape index (κ3) is 15.0. The first-order chi connectivity index (χ1) is 35.6. The Balaban J connectivity index is 1.36. The van der Waals surface area contributed by atoms with E-state index < -0.39 is 107 Å². The van der Waals surface area contributed by atoms with Crippen LogP contribution in [0, 0.1) is 17.8 Å². The molecule has 76 heavy (non-hydrogen) atoms. The number of hydrogen-bond donors (Lipinski definition) is 5. The Kier molecular flexibility index (Phi) is 22.5. The topological polar surface area (TPSA) is 247 Å². The number of aromatic carboxylic acids is 1. The second-order valence-electron chi connectivity index (χ2n) is 22.7. The number of pyridine rings is 1. The molecule has 18 atom stereocenters. The summed E-state index contributed by atoms with van der Waals surface area (Å²) in [5.41, 5.74) is -3.92. The summed E-state index contributed by atoms with van der Waals surface area (Å²) in [7, 11) is 8.72. The van der Waals surface area contributed by atoms with Crippen molar-refractivity contribution in [1.82, 2.24) is 14.4 Å². The molecule has 0 radical (unpaired) electrons. The molecule has 3 aliphatic rings. The van der Waals surface area contributed by atoms with Crippen LogP contribution in [0.2, 0.25) is 0 Å². The fraction of sp³-hybridized carbons (Fsp3) is 0.768. The van der Waals surface area contributed by atoms with E-state index in [9.17, 15) is 39.9 Å². The molecule has 0 aliphatic carbocycles. The number of allylic oxidation sites excluding steroid dienone is 1. The number of carboxylic acids is 1. The van der Waals surface area contributed by atoms with Gasteiger partial charge in [-0.3, -0.25) is 9.59 Å². The van der Waals surface area contributed by atoms with Crippen LogP contribution in [0.3, 0.4) is 0 Å². The number of carboxylic acid groups (broad SMARTS) is 1. The van der Waals surface area contributed by atoms with Crippen molar-refractivity contribution >= 4 is 22.8 Å². The number of nitrogens with zero attached hydrogens (tertiary/aromatic N) is 3. The summed E-state index contributed by atoms with van der Waals surface area (Å²) in [6.07, 6.45) is -3.15. The first kappa shape index (κ1) is 63.2. The number of aromatic nitrogens is 1. The number of hydrogen-bond acceptors (Lipinski definition) is 18. The van der Waals surface area contributed by atoms with Crippen molar-refractivity contribution in [3.05, 3.63) is 58.1 Å². The predicted octanol–water partition coefficient (Wildman–Crippen LogP) is 4.36. The average Bonchev–Trinajstić information content (AvgIpc) is 3.35. The number of carbonyl (C=O) groups is 2. The number of aliphatic hydroxyl groups excluding tert-OH is 2. The van der Waals surface area contributed by atoms with E-state index in [1.165, 1.54) is 13.1 Å². The molecule has 0 saturated carbocycles. The monoisotopic (exact) mass is 1080 g/mol. The summed E-state index contributed by atoms with van der Waals surface area (Å²) in [6, 6.07) is 4.48. The van der Waals surface area contributed by atoms with Gasteiger partial charge in [-0.2, -0.15) is 0 Å². The second kappa shape index (κ2) is 27.0. The van der Waals surface area contributed by atoms with Gasteiger partial charge in [0.1, 0.15) is 42.2 Å². The van der Waals surface area contributed by atoms with Gasteiger partial charge in [-0.15, -0.1) is 0 Å². The molecule has 0 spiro atoms. The van der Waals surface area contributed by atoms with E-state index in [1.807, 2.05) is 71.6 Å². The van der Waals surface area contributed by atoms with E-state index >= 15 is 0 Å². The lowest BCUT2D eigenvalue weighted by Crippen LogP contribution is -2.61. The third-order valence-corrected chi connectivity index (χ3v) is 16.1. The van der Waals surface area contributed by atoms with Gasteiger partial charge in [0.2, 0.25) is 5.43 Å². The van der Waals surface area contributed by atoms with Gasteiger partial charge in [-0.1, -0.05) is 26.8 Å². The summed E-state index contributed by atoms with van der Waals surface area (Å²) < 4.78 is 58.1. The first-order valence-corrected chi connectivity index (χ1v) is 26.9. The van der Waals surface area contributed by atoms with Gasteiger partial charge in [0.15, 0.2) is 12.6 Å². The Morgan fingerprint density at radius 2 is 1.64 bits per heavy atom. The van der Waals surface area contributed by atoms with Gasteiger partial charge in [0.05, 0.1) is 66.5 Å². The zero-order valence-electron chi connectivity index (χ0n) is 47.7. The largest absolute Gasteiger partial charge is 0.499 e. The normalized spacial score (nSPS) is 37.7. The molecular weight excluding hydrogens is 987 g/mol. The van der Waals surface area contributed by atoms with E-state index in [0.717, 1.165) is 5.56 Å². The minimum atomic E-state index is -1.85. The number of rotatable bonds is 18. The van der Waals surface area contributed by atoms with E-state index in [0.29, 0.717) is 43.4 Å². The van der Waals surface area contributed by atoms with Crippen molar-refractivity contribution in [3.63, 3.8) is 0 Å². The Bertz CT molecular complexity index is 2290. The van der Waals surface area contributed by atoms with Crippen LogP contribution in [-0.2, 0) is 60.4 Å². The lowest BCUT2D eigenvalue weighted by molar-refractivity contribution is -0.321. The Morgan fingerprint density at radius 1 is 0.947 bits per heavy atom. The van der Waals surface area contributed by atoms with Crippen molar-refractivity contribution in [2.75, 3.05) is 61.7 Å². The molecule has 3 saturated heterocycles. The number of cyclic esters (lactones) is 1. The molecule has 20 heteroatoms. The lowest BCUT2D eigenvalue weighted by atomic mass is 9.77. The Hall–Kier alpha value is -3.61. The molecule has 5 N–H and O–H groups in total. The fourth-order valence-electron chi connectivity index (χ4n) is 11.7. The van der Waals surface area contributed by atoms with Crippen LogP contribution in [0.25, 0.3) is 10.9 Å². The van der Waals surface area contributed by atoms with Crippen LogP contribution in [0.1, 0.15) is 111 Å². The van der Waals surface area contributed by atoms with Gasteiger partial charge < -0.3 is 82.5 Å². The molecule has 432 valence electrons. The van der Waals surface area contributed by atoms with Crippen LogP contribution in [-0.4, -0.2) is 204 Å². The lowest BCUT2D eigenvalue weighted by Gasteiger charge is -2.49.